The number of thioether (sulfide) groups is 1. The number of para-hydroxylation sites is 1. The molecule has 6 rings (SSSR count). The van der Waals surface area contributed by atoms with E-state index in [1.54, 1.807) is 54.3 Å². The van der Waals surface area contributed by atoms with E-state index in [4.69, 9.17) is 9.84 Å². The van der Waals surface area contributed by atoms with E-state index in [-0.39, 0.29) is 29.9 Å². The highest BCUT2D eigenvalue weighted by atomic mass is 32.2. The molecule has 1 aliphatic rings. The first kappa shape index (κ1) is 27.3. The molecule has 0 saturated heterocycles. The number of nitrogens with one attached hydrogen (secondary N) is 1. The Morgan fingerprint density at radius 1 is 0.952 bits per heavy atom. The van der Waals surface area contributed by atoms with Gasteiger partial charge in [-0.05, 0) is 42.5 Å². The number of benzene rings is 4. The molecule has 0 saturated carbocycles. The molecule has 5 aromatic rings. The Kier molecular flexibility index (Phi) is 7.74. The van der Waals surface area contributed by atoms with E-state index >= 15 is 4.39 Å². The molecule has 0 radical (unpaired) electrons. The number of ether oxygens (including phenoxy) is 1. The lowest BCUT2D eigenvalue weighted by Crippen LogP contribution is -2.40. The first-order valence-electron chi connectivity index (χ1n) is 13.4. The maximum absolute atomic E-state index is 15.4. The third kappa shape index (κ3) is 5.38. The van der Waals surface area contributed by atoms with Gasteiger partial charge in [0.1, 0.15) is 23.9 Å². The predicted molar refractivity (Wildman–Crippen MR) is 164 cm³/mol. The van der Waals surface area contributed by atoms with Crippen LogP contribution in [-0.4, -0.2) is 41.0 Å². The number of carbonyl (C=O) groups excluding carboxylic acids is 2. The molecule has 1 aromatic heterocycles. The number of carbonyl (C=O) groups is 2. The molecule has 9 heteroatoms. The fourth-order valence-corrected chi connectivity index (χ4v) is 6.25. The van der Waals surface area contributed by atoms with Crippen molar-refractivity contribution in [2.45, 2.75) is 5.25 Å². The molecule has 42 heavy (non-hydrogen) atoms. The van der Waals surface area contributed by atoms with Gasteiger partial charge in [-0.3, -0.25) is 14.5 Å². The van der Waals surface area contributed by atoms with Crippen LogP contribution in [0.5, 0.6) is 5.75 Å². The molecule has 2 amide bonds. The van der Waals surface area contributed by atoms with Crippen LogP contribution in [-0.2, 0) is 9.59 Å². The second kappa shape index (κ2) is 11.9. The lowest BCUT2D eigenvalue weighted by Gasteiger charge is -2.23. The summed E-state index contributed by atoms with van der Waals surface area (Å²) in [6.45, 7) is -0.249. The topological polar surface area (TPSA) is 76.5 Å². The maximum Gasteiger partial charge on any atom is 0.244 e. The standard InChI is InChI=1S/C33H27FN4O3S/c1-41-25-18-16-24(17-19-25)38-33-30(31(36-38)22-10-4-2-5-11-22)32(26-14-8-9-15-27(26)34)42-21-29(40)37(33)20-28(39)35-23-12-6-3-7-13-23/h2-19,32H,20-21H2,1H3,(H,35,39)/t32-/m1/s1. The third-order valence-electron chi connectivity index (χ3n) is 7.00. The summed E-state index contributed by atoms with van der Waals surface area (Å²) in [7, 11) is 1.59. The van der Waals surface area contributed by atoms with Crippen molar-refractivity contribution in [3.63, 3.8) is 0 Å². The van der Waals surface area contributed by atoms with Gasteiger partial charge in [0, 0.05) is 22.4 Å². The average molecular weight is 579 g/mol. The minimum absolute atomic E-state index is 0.0448. The SMILES string of the molecule is COc1ccc(-n2nc(-c3ccccc3)c3c2N(CC(=O)Nc2ccccc2)C(=O)CS[C@@H]3c2ccccc2F)cc1. The first-order valence-corrected chi connectivity index (χ1v) is 14.4. The van der Waals surface area contributed by atoms with Crippen molar-refractivity contribution in [2.24, 2.45) is 0 Å². The Bertz CT molecular complexity index is 1730. The molecule has 7 nitrogen and oxygen atoms in total. The van der Waals surface area contributed by atoms with Gasteiger partial charge in [0.15, 0.2) is 0 Å². The fraction of sp³-hybridized carbons (Fsp3) is 0.121. The van der Waals surface area contributed by atoms with Crippen molar-refractivity contribution in [1.82, 2.24) is 9.78 Å². The van der Waals surface area contributed by atoms with Gasteiger partial charge >= 0.3 is 0 Å². The number of hydrogen-bond donors (Lipinski definition) is 1. The molecule has 2 heterocycles. The van der Waals surface area contributed by atoms with Crippen LogP contribution >= 0.6 is 11.8 Å². The molecule has 0 aliphatic carbocycles. The smallest absolute Gasteiger partial charge is 0.244 e. The molecule has 1 aliphatic heterocycles. The first-order chi connectivity index (χ1) is 20.5. The molecule has 0 spiro atoms. The van der Waals surface area contributed by atoms with Gasteiger partial charge in [0.25, 0.3) is 0 Å². The molecular formula is C33H27FN4O3S. The number of methoxy groups -OCH3 is 1. The molecule has 1 N–H and O–H groups in total. The number of rotatable bonds is 7. The van der Waals surface area contributed by atoms with E-state index in [1.165, 1.54) is 22.7 Å². The summed E-state index contributed by atoms with van der Waals surface area (Å²) in [5.74, 6) is 0.111. The highest BCUT2D eigenvalue weighted by Gasteiger charge is 2.38. The van der Waals surface area contributed by atoms with Crippen LogP contribution in [0.3, 0.4) is 0 Å². The van der Waals surface area contributed by atoms with E-state index in [0.717, 1.165) is 5.56 Å². The van der Waals surface area contributed by atoms with Crippen molar-refractivity contribution in [2.75, 3.05) is 29.6 Å². The molecule has 210 valence electrons. The molecule has 4 aromatic carbocycles. The number of hydrogen-bond acceptors (Lipinski definition) is 5. The summed E-state index contributed by atoms with van der Waals surface area (Å²) < 4.78 is 22.4. The summed E-state index contributed by atoms with van der Waals surface area (Å²) >= 11 is 1.32. The van der Waals surface area contributed by atoms with E-state index < -0.39 is 5.25 Å². The quantitative estimate of drug-likeness (QED) is 0.239. The molecule has 0 unspecified atom stereocenters. The van der Waals surface area contributed by atoms with Crippen molar-refractivity contribution >= 4 is 35.1 Å². The molecule has 1 atom stereocenters. The van der Waals surface area contributed by atoms with Gasteiger partial charge in [0.2, 0.25) is 11.8 Å². The highest BCUT2D eigenvalue weighted by molar-refractivity contribution is 8.00. The van der Waals surface area contributed by atoms with E-state index in [0.29, 0.717) is 39.8 Å². The summed E-state index contributed by atoms with van der Waals surface area (Å²) in [6, 6.07) is 32.5. The van der Waals surface area contributed by atoms with Crippen LogP contribution < -0.4 is 15.0 Å². The monoisotopic (exact) mass is 578 g/mol. The number of amides is 2. The summed E-state index contributed by atoms with van der Waals surface area (Å²) in [5, 5.41) is 7.34. The van der Waals surface area contributed by atoms with Crippen LogP contribution in [0.25, 0.3) is 16.9 Å². The molecule has 0 bridgehead atoms. The Balaban J connectivity index is 1.57. The Morgan fingerprint density at radius 2 is 1.62 bits per heavy atom. The Hall–Kier alpha value is -4.89. The second-order valence-electron chi connectivity index (χ2n) is 9.67. The van der Waals surface area contributed by atoms with Crippen LogP contribution in [0.1, 0.15) is 16.4 Å². The van der Waals surface area contributed by atoms with Crippen LogP contribution in [0.4, 0.5) is 15.9 Å². The van der Waals surface area contributed by atoms with Crippen LogP contribution in [0.2, 0.25) is 0 Å². The fourth-order valence-electron chi connectivity index (χ4n) is 5.03. The van der Waals surface area contributed by atoms with Gasteiger partial charge in [-0.1, -0.05) is 66.7 Å². The van der Waals surface area contributed by atoms with Gasteiger partial charge in [-0.25, -0.2) is 9.07 Å². The Labute approximate surface area is 246 Å². The van der Waals surface area contributed by atoms with Gasteiger partial charge < -0.3 is 10.1 Å². The summed E-state index contributed by atoms with van der Waals surface area (Å²) in [4.78, 5) is 28.6. The largest absolute Gasteiger partial charge is 0.497 e. The van der Waals surface area contributed by atoms with Crippen molar-refractivity contribution in [3.05, 3.63) is 126 Å². The van der Waals surface area contributed by atoms with Crippen molar-refractivity contribution < 1.29 is 18.7 Å². The minimum atomic E-state index is -0.561. The van der Waals surface area contributed by atoms with Crippen molar-refractivity contribution in [3.8, 4) is 22.7 Å². The molecule has 0 fully saturated rings. The van der Waals surface area contributed by atoms with E-state index in [1.807, 2.05) is 60.7 Å². The third-order valence-corrected chi connectivity index (χ3v) is 8.24. The lowest BCUT2D eigenvalue weighted by atomic mass is 9.99. The lowest BCUT2D eigenvalue weighted by molar-refractivity contribution is -0.120. The zero-order chi connectivity index (χ0) is 29.1. The minimum Gasteiger partial charge on any atom is -0.497 e. The van der Waals surface area contributed by atoms with Crippen molar-refractivity contribution in [1.29, 1.82) is 0 Å². The molecular weight excluding hydrogens is 551 g/mol. The van der Waals surface area contributed by atoms with Gasteiger partial charge in [0.05, 0.1) is 29.5 Å². The zero-order valence-electron chi connectivity index (χ0n) is 22.7. The maximum atomic E-state index is 15.4. The van der Waals surface area contributed by atoms with Crippen LogP contribution in [0.15, 0.2) is 109 Å². The van der Waals surface area contributed by atoms with E-state index in [9.17, 15) is 9.59 Å². The second-order valence-corrected chi connectivity index (χ2v) is 10.8. The number of anilines is 2. The number of halogens is 1. The summed E-state index contributed by atoms with van der Waals surface area (Å²) in [5.41, 5.74) is 3.80. The van der Waals surface area contributed by atoms with E-state index in [2.05, 4.69) is 5.32 Å². The normalized spacial score (nSPS) is 14.7. The van der Waals surface area contributed by atoms with Gasteiger partial charge in [-0.15, -0.1) is 11.8 Å². The number of fused-ring (bicyclic) bond motifs is 1. The Morgan fingerprint density at radius 3 is 2.31 bits per heavy atom. The summed E-state index contributed by atoms with van der Waals surface area (Å²) in [6.07, 6.45) is 0. The highest BCUT2D eigenvalue weighted by Crippen LogP contribution is 2.49. The van der Waals surface area contributed by atoms with Gasteiger partial charge in [-0.2, -0.15) is 5.10 Å². The number of aromatic nitrogens is 2. The predicted octanol–water partition coefficient (Wildman–Crippen LogP) is 6.49. The van der Waals surface area contributed by atoms with Crippen LogP contribution in [0, 0.1) is 5.82 Å². The number of nitrogens with zero attached hydrogens (tertiary/aromatic N) is 3. The average Bonchev–Trinajstić information content (AvgIpc) is 3.35. The zero-order valence-corrected chi connectivity index (χ0v) is 23.6.